The quantitative estimate of drug-likeness (QED) is 0.405. The average molecular weight is 300 g/mol. The van der Waals surface area contributed by atoms with Crippen LogP contribution in [0.2, 0.25) is 0 Å². The summed E-state index contributed by atoms with van der Waals surface area (Å²) < 4.78 is 4.68. The van der Waals surface area contributed by atoms with Gasteiger partial charge in [0.2, 0.25) is 11.8 Å². The summed E-state index contributed by atoms with van der Waals surface area (Å²) in [5, 5.41) is 12.0. The van der Waals surface area contributed by atoms with Gasteiger partial charge in [-0.3, -0.25) is 9.59 Å². The van der Waals surface area contributed by atoms with Crippen LogP contribution in [0.15, 0.2) is 12.2 Å². The van der Waals surface area contributed by atoms with Crippen LogP contribution in [0.4, 0.5) is 0 Å². The van der Waals surface area contributed by atoms with Crippen LogP contribution in [0.1, 0.15) is 33.6 Å². The van der Waals surface area contributed by atoms with Gasteiger partial charge in [-0.15, -0.1) is 0 Å². The normalized spacial score (nSPS) is 14.0. The first kappa shape index (κ1) is 19.1. The molecule has 21 heavy (non-hydrogen) atoms. The van der Waals surface area contributed by atoms with E-state index < -0.39 is 29.9 Å². The number of rotatable bonds is 9. The fraction of sp³-hybridized carbons (Fsp3) is 0.643. The van der Waals surface area contributed by atoms with Crippen LogP contribution >= 0.6 is 0 Å². The van der Waals surface area contributed by atoms with Gasteiger partial charge in [0.25, 0.3) is 0 Å². The van der Waals surface area contributed by atoms with Crippen molar-refractivity contribution in [1.82, 2.24) is 5.32 Å². The number of nitrogens with one attached hydrogen (secondary N) is 1. The number of esters is 1. The lowest BCUT2D eigenvalue weighted by atomic mass is 10.0. The fourth-order valence-electron chi connectivity index (χ4n) is 1.56. The van der Waals surface area contributed by atoms with Gasteiger partial charge in [0.1, 0.15) is 12.1 Å². The van der Waals surface area contributed by atoms with Gasteiger partial charge < -0.3 is 20.9 Å². The van der Waals surface area contributed by atoms with E-state index in [4.69, 9.17) is 5.73 Å². The average Bonchev–Trinajstić information content (AvgIpc) is 2.36. The zero-order chi connectivity index (χ0) is 16.4. The summed E-state index contributed by atoms with van der Waals surface area (Å²) in [4.78, 5) is 34.1. The van der Waals surface area contributed by atoms with E-state index in [1.165, 1.54) is 6.08 Å². The Bertz CT molecular complexity index is 393. The molecule has 0 rings (SSSR count). The molecule has 0 aromatic rings. The van der Waals surface area contributed by atoms with Crippen LogP contribution in [-0.4, -0.2) is 41.6 Å². The Balaban J connectivity index is 4.46. The van der Waals surface area contributed by atoms with E-state index in [0.29, 0.717) is 0 Å². The van der Waals surface area contributed by atoms with E-state index in [1.54, 1.807) is 6.92 Å². The molecule has 7 nitrogen and oxygen atoms in total. The molecule has 2 amide bonds. The molecular weight excluding hydrogens is 276 g/mol. The largest absolute Gasteiger partial charge is 0.463 e. The fourth-order valence-corrected chi connectivity index (χ4v) is 1.56. The SMILES string of the molecule is CCOC(=O)/C=C/C[C@@H](NC(=O)[C@@H](O)CC(C)C)C(N)=O. The zero-order valence-electron chi connectivity index (χ0n) is 12.7. The first-order valence-corrected chi connectivity index (χ1v) is 6.88. The van der Waals surface area contributed by atoms with Gasteiger partial charge in [0.15, 0.2) is 0 Å². The molecule has 0 fully saturated rings. The second-order valence-corrected chi connectivity index (χ2v) is 5.00. The number of amides is 2. The van der Waals surface area contributed by atoms with Crippen LogP contribution in [-0.2, 0) is 19.1 Å². The van der Waals surface area contributed by atoms with Crippen molar-refractivity contribution in [1.29, 1.82) is 0 Å². The number of nitrogens with two attached hydrogens (primary N) is 1. The Morgan fingerprint density at radius 3 is 2.43 bits per heavy atom. The zero-order valence-corrected chi connectivity index (χ0v) is 12.7. The van der Waals surface area contributed by atoms with E-state index in [2.05, 4.69) is 10.1 Å². The van der Waals surface area contributed by atoms with E-state index in [-0.39, 0.29) is 25.4 Å². The molecule has 0 unspecified atom stereocenters. The minimum Gasteiger partial charge on any atom is -0.463 e. The van der Waals surface area contributed by atoms with Crippen molar-refractivity contribution in [3.05, 3.63) is 12.2 Å². The van der Waals surface area contributed by atoms with Crippen LogP contribution < -0.4 is 11.1 Å². The van der Waals surface area contributed by atoms with Gasteiger partial charge in [-0.25, -0.2) is 4.79 Å². The van der Waals surface area contributed by atoms with Gasteiger partial charge >= 0.3 is 5.97 Å². The Hall–Kier alpha value is -1.89. The summed E-state index contributed by atoms with van der Waals surface area (Å²) in [5.41, 5.74) is 5.18. The van der Waals surface area contributed by atoms with Gasteiger partial charge in [0, 0.05) is 6.08 Å². The Morgan fingerprint density at radius 2 is 1.95 bits per heavy atom. The van der Waals surface area contributed by atoms with Crippen LogP contribution in [0, 0.1) is 5.92 Å². The molecule has 4 N–H and O–H groups in total. The molecule has 7 heteroatoms. The number of aliphatic hydroxyl groups is 1. The van der Waals surface area contributed by atoms with Crippen LogP contribution in [0.25, 0.3) is 0 Å². The molecule has 0 aliphatic rings. The van der Waals surface area contributed by atoms with Crippen molar-refractivity contribution < 1.29 is 24.2 Å². The van der Waals surface area contributed by atoms with Gasteiger partial charge in [-0.1, -0.05) is 19.9 Å². The van der Waals surface area contributed by atoms with Gasteiger partial charge in [0.05, 0.1) is 6.61 Å². The standard InChI is InChI=1S/C14H24N2O5/c1-4-21-12(18)7-5-6-10(13(15)19)16-14(20)11(17)8-9(2)3/h5,7,9-11,17H,4,6,8H2,1-3H3,(H2,15,19)(H,16,20)/b7-5+/t10-,11+/m1/s1. The first-order chi connectivity index (χ1) is 9.77. The maximum absolute atomic E-state index is 11.7. The summed E-state index contributed by atoms with van der Waals surface area (Å²) in [6.07, 6.45) is 1.70. The lowest BCUT2D eigenvalue weighted by molar-refractivity contribution is -0.137. The number of aliphatic hydroxyl groups excluding tert-OH is 1. The first-order valence-electron chi connectivity index (χ1n) is 6.88. The van der Waals surface area contributed by atoms with Crippen molar-refractivity contribution in [2.75, 3.05) is 6.61 Å². The second kappa shape index (κ2) is 9.93. The minimum absolute atomic E-state index is 0.0499. The molecule has 2 atom stereocenters. The number of carbonyl (C=O) groups is 3. The maximum Gasteiger partial charge on any atom is 0.330 e. The van der Waals surface area contributed by atoms with Gasteiger partial charge in [-0.2, -0.15) is 0 Å². The molecule has 0 aromatic carbocycles. The summed E-state index contributed by atoms with van der Waals surface area (Å²) in [5.74, 6) is -1.79. The third-order valence-electron chi connectivity index (χ3n) is 2.57. The maximum atomic E-state index is 11.7. The Morgan fingerprint density at radius 1 is 1.33 bits per heavy atom. The van der Waals surface area contributed by atoms with E-state index >= 15 is 0 Å². The van der Waals surface area contributed by atoms with Crippen molar-refractivity contribution in [2.45, 2.75) is 45.8 Å². The van der Waals surface area contributed by atoms with E-state index in [0.717, 1.165) is 6.08 Å². The number of ether oxygens (including phenoxy) is 1. The summed E-state index contributed by atoms with van der Waals surface area (Å²) in [6, 6.07) is -0.981. The predicted octanol–water partition coefficient (Wildman–Crippen LogP) is -0.127. The highest BCUT2D eigenvalue weighted by atomic mass is 16.5. The summed E-state index contributed by atoms with van der Waals surface area (Å²) >= 11 is 0. The molecule has 0 spiro atoms. The number of primary amides is 1. The van der Waals surface area contributed by atoms with Crippen molar-refractivity contribution in [2.24, 2.45) is 11.7 Å². The smallest absolute Gasteiger partial charge is 0.330 e. The molecular formula is C14H24N2O5. The number of carbonyl (C=O) groups excluding carboxylic acids is 3. The molecule has 0 heterocycles. The highest BCUT2D eigenvalue weighted by Gasteiger charge is 2.22. The highest BCUT2D eigenvalue weighted by molar-refractivity contribution is 5.88. The molecule has 0 radical (unpaired) electrons. The lowest BCUT2D eigenvalue weighted by Crippen LogP contribution is -2.48. The monoisotopic (exact) mass is 300 g/mol. The number of hydrogen-bond donors (Lipinski definition) is 3. The Labute approximate surface area is 124 Å². The van der Waals surface area contributed by atoms with Crippen molar-refractivity contribution >= 4 is 17.8 Å². The summed E-state index contributed by atoms with van der Waals surface area (Å²) in [6.45, 7) is 5.66. The molecule has 0 saturated carbocycles. The van der Waals surface area contributed by atoms with Crippen LogP contribution in [0.3, 0.4) is 0 Å². The molecule has 120 valence electrons. The third kappa shape index (κ3) is 8.80. The topological polar surface area (TPSA) is 119 Å². The van der Waals surface area contributed by atoms with Crippen molar-refractivity contribution in [3.63, 3.8) is 0 Å². The summed E-state index contributed by atoms with van der Waals surface area (Å²) in [7, 11) is 0. The Kier molecular flexibility index (Phi) is 9.03. The number of hydrogen-bond acceptors (Lipinski definition) is 5. The molecule has 0 bridgehead atoms. The second-order valence-electron chi connectivity index (χ2n) is 5.00. The molecule has 0 saturated heterocycles. The lowest BCUT2D eigenvalue weighted by Gasteiger charge is -2.17. The minimum atomic E-state index is -1.19. The highest BCUT2D eigenvalue weighted by Crippen LogP contribution is 2.05. The molecule has 0 aliphatic carbocycles. The van der Waals surface area contributed by atoms with Crippen LogP contribution in [0.5, 0.6) is 0 Å². The molecule has 0 aromatic heterocycles. The van der Waals surface area contributed by atoms with Crippen molar-refractivity contribution in [3.8, 4) is 0 Å². The van der Waals surface area contributed by atoms with E-state index in [9.17, 15) is 19.5 Å². The van der Waals surface area contributed by atoms with E-state index in [1.807, 2.05) is 13.8 Å². The van der Waals surface area contributed by atoms with Gasteiger partial charge in [-0.05, 0) is 25.7 Å². The predicted molar refractivity (Wildman–Crippen MR) is 77.0 cm³/mol. The molecule has 0 aliphatic heterocycles. The third-order valence-corrected chi connectivity index (χ3v) is 2.57.